The first-order valence-corrected chi connectivity index (χ1v) is 8.36. The van der Waals surface area contributed by atoms with Crippen LogP contribution in [0.1, 0.15) is 11.3 Å². The predicted molar refractivity (Wildman–Crippen MR) is 95.0 cm³/mol. The zero-order valence-electron chi connectivity index (χ0n) is 14.0. The van der Waals surface area contributed by atoms with Crippen LogP contribution in [0.2, 0.25) is 0 Å². The van der Waals surface area contributed by atoms with E-state index in [2.05, 4.69) is 10.3 Å². The van der Waals surface area contributed by atoms with Crippen LogP contribution in [0.25, 0.3) is 11.5 Å². The van der Waals surface area contributed by atoms with Crippen LogP contribution in [0.15, 0.2) is 71.3 Å². The van der Waals surface area contributed by atoms with Crippen molar-refractivity contribution in [1.29, 1.82) is 0 Å². The van der Waals surface area contributed by atoms with E-state index in [9.17, 15) is 9.59 Å². The zero-order chi connectivity index (χ0) is 17.9. The normalized spacial score (nSPS) is 16.8. The Morgan fingerprint density at radius 3 is 2.42 bits per heavy atom. The second kappa shape index (κ2) is 6.84. The van der Waals surface area contributed by atoms with Crippen molar-refractivity contribution in [3.63, 3.8) is 0 Å². The van der Waals surface area contributed by atoms with Crippen molar-refractivity contribution in [1.82, 2.24) is 15.2 Å². The minimum Gasteiger partial charge on any atom is -0.444 e. The zero-order valence-corrected chi connectivity index (χ0v) is 14.0. The van der Waals surface area contributed by atoms with E-state index < -0.39 is 12.1 Å². The molecule has 2 aromatic carbocycles. The van der Waals surface area contributed by atoms with E-state index in [0.29, 0.717) is 18.0 Å². The summed E-state index contributed by atoms with van der Waals surface area (Å²) in [5.41, 5.74) is 2.38. The fraction of sp³-hybridized carbons (Fsp3) is 0.150. The molecule has 130 valence electrons. The Labute approximate surface area is 150 Å². The Kier molecular flexibility index (Phi) is 4.23. The van der Waals surface area contributed by atoms with Gasteiger partial charge in [0.1, 0.15) is 12.3 Å². The summed E-state index contributed by atoms with van der Waals surface area (Å²) >= 11 is 0. The highest BCUT2D eigenvalue weighted by atomic mass is 16.3. The molecule has 26 heavy (non-hydrogen) atoms. The number of carbonyl (C=O) groups is 2. The van der Waals surface area contributed by atoms with Crippen molar-refractivity contribution in [2.75, 3.05) is 0 Å². The molecule has 4 rings (SSSR count). The monoisotopic (exact) mass is 347 g/mol. The maximum atomic E-state index is 12.6. The van der Waals surface area contributed by atoms with Crippen LogP contribution >= 0.6 is 0 Å². The summed E-state index contributed by atoms with van der Waals surface area (Å²) in [6.07, 6.45) is 1.95. The number of imide groups is 1. The number of rotatable bonds is 5. The average Bonchev–Trinajstić information content (AvgIpc) is 3.24. The number of carbonyl (C=O) groups excluding carboxylic acids is 2. The van der Waals surface area contributed by atoms with E-state index in [1.54, 1.807) is 0 Å². The summed E-state index contributed by atoms with van der Waals surface area (Å²) in [6.45, 7) is 0.0896. The number of nitrogens with one attached hydrogen (secondary N) is 1. The molecule has 1 N–H and O–H groups in total. The standard InChI is InChI=1S/C20H17N3O3/c24-19-17(11-14-7-3-1-4-8-14)22-20(25)23(19)12-16-13-26-18(21-16)15-9-5-2-6-10-15/h1-10,13,17H,11-12H2,(H,22,25)/t17-/m1/s1. The van der Waals surface area contributed by atoms with Gasteiger partial charge in [-0.1, -0.05) is 48.5 Å². The lowest BCUT2D eigenvalue weighted by atomic mass is 10.1. The summed E-state index contributed by atoms with van der Waals surface area (Å²) in [7, 11) is 0. The van der Waals surface area contributed by atoms with Gasteiger partial charge in [-0.25, -0.2) is 9.78 Å². The largest absolute Gasteiger partial charge is 0.444 e. The van der Waals surface area contributed by atoms with E-state index in [1.807, 2.05) is 60.7 Å². The van der Waals surface area contributed by atoms with Gasteiger partial charge in [-0.05, 0) is 17.7 Å². The fourth-order valence-electron chi connectivity index (χ4n) is 2.97. The molecular formula is C20H17N3O3. The number of amides is 3. The molecule has 0 unspecified atom stereocenters. The first-order chi connectivity index (χ1) is 12.7. The minimum atomic E-state index is -0.551. The molecule has 6 nitrogen and oxygen atoms in total. The highest BCUT2D eigenvalue weighted by Crippen LogP contribution is 2.20. The average molecular weight is 347 g/mol. The molecule has 0 aliphatic carbocycles. The van der Waals surface area contributed by atoms with E-state index in [4.69, 9.17) is 4.42 Å². The first-order valence-electron chi connectivity index (χ1n) is 8.36. The molecule has 0 radical (unpaired) electrons. The highest BCUT2D eigenvalue weighted by molar-refractivity contribution is 6.04. The van der Waals surface area contributed by atoms with Crippen LogP contribution in [0, 0.1) is 0 Å². The maximum absolute atomic E-state index is 12.6. The summed E-state index contributed by atoms with van der Waals surface area (Å²) in [5, 5.41) is 2.74. The Balaban J connectivity index is 1.46. The van der Waals surface area contributed by atoms with Crippen LogP contribution in [0.3, 0.4) is 0 Å². The van der Waals surface area contributed by atoms with Gasteiger partial charge in [0.15, 0.2) is 0 Å². The van der Waals surface area contributed by atoms with Crippen LogP contribution in [0.5, 0.6) is 0 Å². The van der Waals surface area contributed by atoms with Gasteiger partial charge >= 0.3 is 6.03 Å². The molecule has 0 saturated carbocycles. The molecule has 1 fully saturated rings. The van der Waals surface area contributed by atoms with Gasteiger partial charge in [0.05, 0.1) is 12.2 Å². The molecule has 0 spiro atoms. The topological polar surface area (TPSA) is 75.4 Å². The van der Waals surface area contributed by atoms with E-state index in [-0.39, 0.29) is 12.5 Å². The van der Waals surface area contributed by atoms with Crippen LogP contribution in [-0.2, 0) is 17.8 Å². The highest BCUT2D eigenvalue weighted by Gasteiger charge is 2.38. The Morgan fingerprint density at radius 2 is 1.69 bits per heavy atom. The second-order valence-corrected chi connectivity index (χ2v) is 6.13. The molecule has 2 heterocycles. The van der Waals surface area contributed by atoms with Gasteiger partial charge in [-0.15, -0.1) is 0 Å². The lowest BCUT2D eigenvalue weighted by Gasteiger charge is -2.11. The maximum Gasteiger partial charge on any atom is 0.325 e. The molecule has 3 aromatic rings. The summed E-state index contributed by atoms with van der Waals surface area (Å²) in [6, 6.07) is 18.1. The van der Waals surface area contributed by atoms with Crippen molar-refractivity contribution >= 4 is 11.9 Å². The lowest BCUT2D eigenvalue weighted by molar-refractivity contribution is -0.127. The van der Waals surface area contributed by atoms with Crippen molar-refractivity contribution in [3.05, 3.63) is 78.2 Å². The number of urea groups is 1. The van der Waals surface area contributed by atoms with Crippen LogP contribution in [0.4, 0.5) is 4.79 Å². The molecule has 3 amide bonds. The SMILES string of the molecule is O=C1N[C@H](Cc2ccccc2)C(=O)N1Cc1coc(-c2ccccc2)n1. The molecule has 1 saturated heterocycles. The van der Waals surface area contributed by atoms with Crippen LogP contribution in [-0.4, -0.2) is 27.9 Å². The van der Waals surface area contributed by atoms with Gasteiger partial charge in [0.25, 0.3) is 5.91 Å². The second-order valence-electron chi connectivity index (χ2n) is 6.13. The number of oxazole rings is 1. The summed E-state index contributed by atoms with van der Waals surface area (Å²) < 4.78 is 5.47. The lowest BCUT2D eigenvalue weighted by Crippen LogP contribution is -2.32. The summed E-state index contributed by atoms with van der Waals surface area (Å²) in [4.78, 5) is 30.3. The summed E-state index contributed by atoms with van der Waals surface area (Å²) in [5.74, 6) is 0.219. The van der Waals surface area contributed by atoms with Gasteiger partial charge in [0, 0.05) is 12.0 Å². The van der Waals surface area contributed by atoms with E-state index >= 15 is 0 Å². The van der Waals surface area contributed by atoms with Gasteiger partial charge in [-0.2, -0.15) is 0 Å². The smallest absolute Gasteiger partial charge is 0.325 e. The fourth-order valence-corrected chi connectivity index (χ4v) is 2.97. The predicted octanol–water partition coefficient (Wildman–Crippen LogP) is 3.00. The number of aromatic nitrogens is 1. The van der Waals surface area contributed by atoms with Crippen molar-refractivity contribution in [3.8, 4) is 11.5 Å². The number of hydrogen-bond donors (Lipinski definition) is 1. The van der Waals surface area contributed by atoms with E-state index in [0.717, 1.165) is 11.1 Å². The Hall–Kier alpha value is -3.41. The third-order valence-electron chi connectivity index (χ3n) is 4.28. The van der Waals surface area contributed by atoms with Crippen molar-refractivity contribution < 1.29 is 14.0 Å². The van der Waals surface area contributed by atoms with Gasteiger partial charge in [0.2, 0.25) is 5.89 Å². The molecule has 1 atom stereocenters. The third kappa shape index (κ3) is 3.21. The quantitative estimate of drug-likeness (QED) is 0.720. The number of nitrogens with zero attached hydrogens (tertiary/aromatic N) is 2. The molecule has 6 heteroatoms. The third-order valence-corrected chi connectivity index (χ3v) is 4.28. The van der Waals surface area contributed by atoms with Gasteiger partial charge in [-0.3, -0.25) is 9.69 Å². The number of hydrogen-bond acceptors (Lipinski definition) is 4. The van der Waals surface area contributed by atoms with Crippen LogP contribution < -0.4 is 5.32 Å². The first kappa shape index (κ1) is 16.1. The molecule has 0 bridgehead atoms. The van der Waals surface area contributed by atoms with Crippen molar-refractivity contribution in [2.24, 2.45) is 0 Å². The number of benzene rings is 2. The van der Waals surface area contributed by atoms with Crippen molar-refractivity contribution in [2.45, 2.75) is 19.0 Å². The Morgan fingerprint density at radius 1 is 1.00 bits per heavy atom. The van der Waals surface area contributed by atoms with E-state index in [1.165, 1.54) is 11.2 Å². The minimum absolute atomic E-state index is 0.0896. The Bertz CT molecular complexity index is 922. The molecule has 1 aromatic heterocycles. The molecule has 1 aliphatic rings. The van der Waals surface area contributed by atoms with Gasteiger partial charge < -0.3 is 9.73 Å². The molecular weight excluding hydrogens is 330 g/mol. The molecule has 1 aliphatic heterocycles.